The molecule has 3 N–H and O–H groups in total. The standard InChI is InChI=1S/C27H46O3/c1-17(16-28)6-5-7-18(2)21-8-9-22-25-23(11-13-27(21,22)4)26(3)12-10-20(29)14-19(26)15-24(25)30/h15,17-18,20-25,28-30H,5-14,16H2,1-4H3/t17?,18-,20?,21-,22+,23+,24?,25+,26+,27-/m1/s1. The van der Waals surface area contributed by atoms with Crippen molar-refractivity contribution in [3.8, 4) is 0 Å². The summed E-state index contributed by atoms with van der Waals surface area (Å²) in [5, 5.41) is 30.8. The van der Waals surface area contributed by atoms with Gasteiger partial charge in [-0.15, -0.1) is 0 Å². The van der Waals surface area contributed by atoms with Gasteiger partial charge in [0.2, 0.25) is 0 Å². The Hall–Kier alpha value is -0.380. The van der Waals surface area contributed by atoms with Gasteiger partial charge in [-0.3, -0.25) is 0 Å². The van der Waals surface area contributed by atoms with Gasteiger partial charge in [-0.25, -0.2) is 0 Å². The molecule has 0 aromatic carbocycles. The summed E-state index contributed by atoms with van der Waals surface area (Å²) in [6, 6.07) is 0. The van der Waals surface area contributed by atoms with E-state index in [0.29, 0.717) is 35.7 Å². The maximum Gasteiger partial charge on any atom is 0.0757 e. The molecule has 3 heteroatoms. The predicted octanol–water partition coefficient (Wildman–Crippen LogP) is 5.33. The van der Waals surface area contributed by atoms with Crippen molar-refractivity contribution in [3.63, 3.8) is 0 Å². The van der Waals surface area contributed by atoms with Gasteiger partial charge in [0.25, 0.3) is 0 Å². The Balaban J connectivity index is 1.50. The third-order valence-corrected chi connectivity index (χ3v) is 10.5. The molecule has 0 aliphatic heterocycles. The summed E-state index contributed by atoms with van der Waals surface area (Å²) in [7, 11) is 0. The molecule has 10 atom stereocenters. The molecular formula is C27H46O3. The highest BCUT2D eigenvalue weighted by molar-refractivity contribution is 5.27. The lowest BCUT2D eigenvalue weighted by molar-refractivity contribution is -0.0971. The second-order valence-electron chi connectivity index (χ2n) is 12.2. The second kappa shape index (κ2) is 8.52. The summed E-state index contributed by atoms with van der Waals surface area (Å²) in [6.07, 6.45) is 13.2. The van der Waals surface area contributed by atoms with Crippen molar-refractivity contribution < 1.29 is 15.3 Å². The van der Waals surface area contributed by atoms with E-state index in [1.807, 2.05) is 0 Å². The SMILES string of the molecule is CC(CO)CCC[C@@H](C)[C@H]1CC[C@H]2[C@@H]3C(O)C=C4CC(O)CC[C@]4(C)[C@H]3CC[C@]12C. The molecule has 4 aliphatic carbocycles. The molecule has 4 aliphatic rings. The van der Waals surface area contributed by atoms with Crippen LogP contribution in [0.4, 0.5) is 0 Å². The van der Waals surface area contributed by atoms with Gasteiger partial charge in [-0.1, -0.05) is 52.2 Å². The van der Waals surface area contributed by atoms with E-state index >= 15 is 0 Å². The summed E-state index contributed by atoms with van der Waals surface area (Å²) in [5.41, 5.74) is 1.90. The third kappa shape index (κ3) is 3.71. The van der Waals surface area contributed by atoms with Gasteiger partial charge in [-0.05, 0) is 97.7 Å². The van der Waals surface area contributed by atoms with Gasteiger partial charge in [0.05, 0.1) is 12.2 Å². The molecule has 0 saturated heterocycles. The predicted molar refractivity (Wildman–Crippen MR) is 122 cm³/mol. The van der Waals surface area contributed by atoms with Gasteiger partial charge < -0.3 is 15.3 Å². The Morgan fingerprint density at radius 1 is 1.00 bits per heavy atom. The molecule has 3 unspecified atom stereocenters. The van der Waals surface area contributed by atoms with E-state index < -0.39 is 0 Å². The number of aliphatic hydroxyl groups is 3. The van der Waals surface area contributed by atoms with E-state index in [2.05, 4.69) is 33.8 Å². The van der Waals surface area contributed by atoms with Gasteiger partial charge in [0.1, 0.15) is 0 Å². The zero-order valence-electron chi connectivity index (χ0n) is 19.8. The van der Waals surface area contributed by atoms with Crippen LogP contribution in [0.1, 0.15) is 91.9 Å². The fraction of sp³-hybridized carbons (Fsp3) is 0.926. The van der Waals surface area contributed by atoms with Crippen LogP contribution in [0.3, 0.4) is 0 Å². The molecule has 4 rings (SSSR count). The summed E-state index contributed by atoms with van der Waals surface area (Å²) in [4.78, 5) is 0. The molecule has 0 aromatic rings. The average molecular weight is 419 g/mol. The lowest BCUT2D eigenvalue weighted by Crippen LogP contribution is -2.54. The lowest BCUT2D eigenvalue weighted by atomic mass is 9.46. The monoisotopic (exact) mass is 418 g/mol. The van der Waals surface area contributed by atoms with E-state index in [-0.39, 0.29) is 17.6 Å². The van der Waals surface area contributed by atoms with Crippen LogP contribution in [0.25, 0.3) is 0 Å². The average Bonchev–Trinajstić information content (AvgIpc) is 3.06. The van der Waals surface area contributed by atoms with Crippen LogP contribution < -0.4 is 0 Å². The minimum absolute atomic E-state index is 0.189. The number of aliphatic hydroxyl groups excluding tert-OH is 3. The largest absolute Gasteiger partial charge is 0.396 e. The fourth-order valence-electron chi connectivity index (χ4n) is 8.69. The molecule has 0 spiro atoms. The van der Waals surface area contributed by atoms with Crippen LogP contribution in [-0.2, 0) is 0 Å². The normalized spacial score (nSPS) is 47.6. The number of rotatable bonds is 6. The smallest absolute Gasteiger partial charge is 0.0757 e. The summed E-state index contributed by atoms with van der Waals surface area (Å²) >= 11 is 0. The van der Waals surface area contributed by atoms with Gasteiger partial charge in [0, 0.05) is 6.61 Å². The Labute approximate surface area is 184 Å². The molecule has 0 bridgehead atoms. The molecule has 0 heterocycles. The second-order valence-corrected chi connectivity index (χ2v) is 12.2. The molecule has 172 valence electrons. The first-order valence-corrected chi connectivity index (χ1v) is 12.9. The van der Waals surface area contributed by atoms with Crippen molar-refractivity contribution in [1.82, 2.24) is 0 Å². The molecule has 3 fully saturated rings. The van der Waals surface area contributed by atoms with Crippen molar-refractivity contribution in [2.45, 2.75) is 104 Å². The minimum atomic E-state index is -0.326. The van der Waals surface area contributed by atoms with E-state index in [0.717, 1.165) is 37.5 Å². The van der Waals surface area contributed by atoms with Crippen LogP contribution in [-0.4, -0.2) is 34.1 Å². The third-order valence-electron chi connectivity index (χ3n) is 10.5. The van der Waals surface area contributed by atoms with Crippen molar-refractivity contribution in [2.75, 3.05) is 6.61 Å². The Kier molecular flexibility index (Phi) is 6.48. The number of hydrogen-bond donors (Lipinski definition) is 3. The van der Waals surface area contributed by atoms with Crippen molar-refractivity contribution >= 4 is 0 Å². The van der Waals surface area contributed by atoms with Crippen LogP contribution >= 0.6 is 0 Å². The highest BCUT2D eigenvalue weighted by Crippen LogP contribution is 2.67. The Bertz CT molecular complexity index is 644. The van der Waals surface area contributed by atoms with Crippen molar-refractivity contribution in [2.24, 2.45) is 46.3 Å². The zero-order chi connectivity index (χ0) is 21.7. The first-order valence-electron chi connectivity index (χ1n) is 12.9. The topological polar surface area (TPSA) is 60.7 Å². The lowest BCUT2D eigenvalue weighted by Gasteiger charge is -2.59. The highest BCUT2D eigenvalue weighted by Gasteiger charge is 2.61. The summed E-state index contributed by atoms with van der Waals surface area (Å²) < 4.78 is 0. The van der Waals surface area contributed by atoms with Crippen LogP contribution in [0.15, 0.2) is 11.6 Å². The van der Waals surface area contributed by atoms with Crippen molar-refractivity contribution in [3.05, 3.63) is 11.6 Å². The van der Waals surface area contributed by atoms with Gasteiger partial charge >= 0.3 is 0 Å². The van der Waals surface area contributed by atoms with E-state index in [4.69, 9.17) is 0 Å². The molecule has 30 heavy (non-hydrogen) atoms. The maximum atomic E-state index is 11.3. The maximum absolute atomic E-state index is 11.3. The quantitative estimate of drug-likeness (QED) is 0.511. The molecule has 0 aromatic heterocycles. The van der Waals surface area contributed by atoms with Gasteiger partial charge in [-0.2, -0.15) is 0 Å². The van der Waals surface area contributed by atoms with E-state index in [1.54, 1.807) is 0 Å². The first kappa shape index (κ1) is 22.8. The van der Waals surface area contributed by atoms with Crippen molar-refractivity contribution in [1.29, 1.82) is 0 Å². The van der Waals surface area contributed by atoms with Crippen LogP contribution in [0, 0.1) is 46.3 Å². The first-order chi connectivity index (χ1) is 14.2. The van der Waals surface area contributed by atoms with E-state index in [9.17, 15) is 15.3 Å². The molecule has 0 radical (unpaired) electrons. The van der Waals surface area contributed by atoms with E-state index in [1.165, 1.54) is 44.1 Å². The summed E-state index contributed by atoms with van der Waals surface area (Å²) in [5.74, 6) is 3.54. The fourth-order valence-corrected chi connectivity index (χ4v) is 8.69. The minimum Gasteiger partial charge on any atom is -0.396 e. The summed E-state index contributed by atoms with van der Waals surface area (Å²) in [6.45, 7) is 9.92. The molecule has 0 amide bonds. The highest BCUT2D eigenvalue weighted by atomic mass is 16.3. The Morgan fingerprint density at radius 3 is 2.50 bits per heavy atom. The molecular weight excluding hydrogens is 372 g/mol. The number of hydrogen-bond acceptors (Lipinski definition) is 3. The van der Waals surface area contributed by atoms with Gasteiger partial charge in [0.15, 0.2) is 0 Å². The zero-order valence-corrected chi connectivity index (χ0v) is 19.8. The van der Waals surface area contributed by atoms with Crippen LogP contribution in [0.5, 0.6) is 0 Å². The Morgan fingerprint density at radius 2 is 1.77 bits per heavy atom. The molecule has 3 saturated carbocycles. The molecule has 3 nitrogen and oxygen atoms in total. The van der Waals surface area contributed by atoms with Crippen LogP contribution in [0.2, 0.25) is 0 Å². The number of fused-ring (bicyclic) bond motifs is 5.